The lowest BCUT2D eigenvalue weighted by molar-refractivity contribution is 0.00606. The Balaban J connectivity index is 1.59. The highest BCUT2D eigenvalue weighted by Crippen LogP contribution is 2.36. The second kappa shape index (κ2) is 11.6. The van der Waals surface area contributed by atoms with Gasteiger partial charge in [0.1, 0.15) is 18.0 Å². The van der Waals surface area contributed by atoms with Crippen LogP contribution in [0.4, 0.5) is 5.69 Å². The van der Waals surface area contributed by atoms with Crippen LogP contribution in [-0.4, -0.2) is 64.1 Å². The van der Waals surface area contributed by atoms with Crippen LogP contribution in [0.25, 0.3) is 0 Å². The molecule has 0 radical (unpaired) electrons. The highest BCUT2D eigenvalue weighted by molar-refractivity contribution is 6.30. The number of aliphatic hydroxyl groups is 3. The van der Waals surface area contributed by atoms with E-state index in [9.17, 15) is 10.2 Å². The molecule has 1 aliphatic rings. The molecular formula is C28H34ClN3O4. The minimum absolute atomic E-state index is 0.0230. The number of ether oxygens (including phenoxy) is 1. The van der Waals surface area contributed by atoms with Crippen LogP contribution in [0, 0.1) is 0 Å². The fraction of sp³-hybridized carbons (Fsp3) is 0.393. The average molecular weight is 512 g/mol. The van der Waals surface area contributed by atoms with Crippen LogP contribution in [0.15, 0.2) is 66.9 Å². The van der Waals surface area contributed by atoms with Gasteiger partial charge in [0.15, 0.2) is 0 Å². The number of halogens is 1. The Morgan fingerprint density at radius 1 is 1.03 bits per heavy atom. The molecule has 2 aromatic carbocycles. The second-order valence-corrected chi connectivity index (χ2v) is 9.99. The number of hydrogen-bond acceptors (Lipinski definition) is 7. The maximum atomic E-state index is 11.4. The van der Waals surface area contributed by atoms with Gasteiger partial charge in [-0.15, -0.1) is 0 Å². The fourth-order valence-corrected chi connectivity index (χ4v) is 5.06. The molecule has 0 bridgehead atoms. The highest BCUT2D eigenvalue weighted by Gasteiger charge is 2.36. The van der Waals surface area contributed by atoms with E-state index in [1.807, 2.05) is 49.4 Å². The Kier molecular flexibility index (Phi) is 8.49. The minimum atomic E-state index is -1.10. The van der Waals surface area contributed by atoms with Gasteiger partial charge in [-0.2, -0.15) is 0 Å². The SMILES string of the molecule is CC1CN(C[C@@](C)(O)c2ccc(CO)nc2)C[C@@H](c2ccc(Cl)cc2)N1c1ccc(OCCO)cc1. The first-order valence-corrected chi connectivity index (χ1v) is 12.6. The third-order valence-electron chi connectivity index (χ3n) is 6.65. The molecule has 36 heavy (non-hydrogen) atoms. The molecule has 0 amide bonds. The lowest BCUT2D eigenvalue weighted by atomic mass is 9.93. The molecule has 4 rings (SSSR count). The molecule has 3 N–H and O–H groups in total. The third-order valence-corrected chi connectivity index (χ3v) is 6.91. The Labute approximate surface area is 217 Å². The molecule has 3 aromatic rings. The number of aliphatic hydroxyl groups excluding tert-OH is 2. The molecule has 3 atom stereocenters. The maximum absolute atomic E-state index is 11.4. The predicted octanol–water partition coefficient (Wildman–Crippen LogP) is 3.76. The van der Waals surface area contributed by atoms with E-state index in [4.69, 9.17) is 21.4 Å². The van der Waals surface area contributed by atoms with Crippen molar-refractivity contribution in [1.29, 1.82) is 0 Å². The van der Waals surface area contributed by atoms with Gasteiger partial charge in [0, 0.05) is 48.1 Å². The summed E-state index contributed by atoms with van der Waals surface area (Å²) in [7, 11) is 0. The minimum Gasteiger partial charge on any atom is -0.491 e. The van der Waals surface area contributed by atoms with E-state index in [0.29, 0.717) is 23.8 Å². The number of aromatic nitrogens is 1. The van der Waals surface area contributed by atoms with Crippen LogP contribution < -0.4 is 9.64 Å². The third kappa shape index (κ3) is 6.17. The van der Waals surface area contributed by atoms with Gasteiger partial charge in [-0.25, -0.2) is 0 Å². The summed E-state index contributed by atoms with van der Waals surface area (Å²) in [4.78, 5) is 8.94. The van der Waals surface area contributed by atoms with Gasteiger partial charge in [-0.3, -0.25) is 9.88 Å². The van der Waals surface area contributed by atoms with Gasteiger partial charge in [0.2, 0.25) is 0 Å². The summed E-state index contributed by atoms with van der Waals surface area (Å²) in [5, 5.41) is 30.4. The van der Waals surface area contributed by atoms with Crippen LogP contribution in [-0.2, 0) is 12.2 Å². The molecule has 7 nitrogen and oxygen atoms in total. The van der Waals surface area contributed by atoms with Crippen LogP contribution >= 0.6 is 11.6 Å². The first-order chi connectivity index (χ1) is 17.3. The Morgan fingerprint density at radius 2 is 1.75 bits per heavy atom. The van der Waals surface area contributed by atoms with Gasteiger partial charge < -0.3 is 25.0 Å². The monoisotopic (exact) mass is 511 g/mol. The van der Waals surface area contributed by atoms with Crippen molar-refractivity contribution in [3.05, 3.63) is 88.7 Å². The molecule has 1 saturated heterocycles. The summed E-state index contributed by atoms with van der Waals surface area (Å²) < 4.78 is 5.54. The second-order valence-electron chi connectivity index (χ2n) is 9.55. The topological polar surface area (TPSA) is 89.3 Å². The molecule has 1 unspecified atom stereocenters. The normalized spacial score (nSPS) is 20.2. The van der Waals surface area contributed by atoms with Crippen molar-refractivity contribution < 1.29 is 20.1 Å². The van der Waals surface area contributed by atoms with E-state index in [1.165, 1.54) is 0 Å². The van der Waals surface area contributed by atoms with Crippen molar-refractivity contribution in [3.8, 4) is 5.75 Å². The summed E-state index contributed by atoms with van der Waals surface area (Å²) in [6.45, 7) is 6.05. The smallest absolute Gasteiger partial charge is 0.119 e. The summed E-state index contributed by atoms with van der Waals surface area (Å²) >= 11 is 6.19. The molecule has 8 heteroatoms. The number of β-amino-alcohol motifs (C(OH)–C–C–N with tert-alkyl or cyclic N) is 1. The molecule has 0 spiro atoms. The standard InChI is InChI=1S/C28H34ClN3O4/c1-20-16-31(19-28(2,35)22-5-8-24(18-34)30-15-22)17-27(21-3-6-23(29)7-4-21)32(20)25-9-11-26(12-10-25)36-14-13-33/h3-12,15,20,27,33-35H,13-14,16-19H2,1-2H3/t20?,27-,28+/m0/s1. The molecule has 192 valence electrons. The van der Waals surface area contributed by atoms with E-state index in [1.54, 1.807) is 12.3 Å². The molecule has 0 aliphatic carbocycles. The predicted molar refractivity (Wildman–Crippen MR) is 141 cm³/mol. The number of benzene rings is 2. The van der Waals surface area contributed by atoms with Gasteiger partial charge in [-0.1, -0.05) is 29.8 Å². The molecule has 1 fully saturated rings. The number of pyridine rings is 1. The highest BCUT2D eigenvalue weighted by atomic mass is 35.5. The van der Waals surface area contributed by atoms with Gasteiger partial charge in [0.05, 0.1) is 24.9 Å². The van der Waals surface area contributed by atoms with Crippen molar-refractivity contribution >= 4 is 17.3 Å². The van der Waals surface area contributed by atoms with E-state index in [-0.39, 0.29) is 31.9 Å². The number of nitrogens with zero attached hydrogens (tertiary/aromatic N) is 3. The number of piperazine rings is 1. The largest absolute Gasteiger partial charge is 0.491 e. The zero-order valence-electron chi connectivity index (χ0n) is 20.7. The number of hydrogen-bond donors (Lipinski definition) is 3. The van der Waals surface area contributed by atoms with Crippen molar-refractivity contribution in [1.82, 2.24) is 9.88 Å². The van der Waals surface area contributed by atoms with Crippen molar-refractivity contribution in [3.63, 3.8) is 0 Å². The molecule has 1 aromatic heterocycles. The van der Waals surface area contributed by atoms with Crippen molar-refractivity contribution in [2.45, 2.75) is 38.1 Å². The van der Waals surface area contributed by atoms with E-state index >= 15 is 0 Å². The van der Waals surface area contributed by atoms with E-state index in [0.717, 1.165) is 29.1 Å². The van der Waals surface area contributed by atoms with Crippen LogP contribution in [0.3, 0.4) is 0 Å². The Morgan fingerprint density at radius 3 is 2.36 bits per heavy atom. The quantitative estimate of drug-likeness (QED) is 0.403. The summed E-state index contributed by atoms with van der Waals surface area (Å²) in [6, 6.07) is 19.7. The number of anilines is 1. The summed E-state index contributed by atoms with van der Waals surface area (Å²) in [6.07, 6.45) is 1.64. The lowest BCUT2D eigenvalue weighted by Gasteiger charge is -2.48. The molecule has 1 aliphatic heterocycles. The van der Waals surface area contributed by atoms with Gasteiger partial charge >= 0.3 is 0 Å². The zero-order chi connectivity index (χ0) is 25.7. The van der Waals surface area contributed by atoms with E-state index in [2.05, 4.69) is 33.8 Å². The first kappa shape index (κ1) is 26.4. The zero-order valence-corrected chi connectivity index (χ0v) is 21.5. The number of rotatable bonds is 9. The fourth-order valence-electron chi connectivity index (χ4n) is 4.93. The Hall–Kier alpha value is -2.68. The van der Waals surface area contributed by atoms with Crippen molar-refractivity contribution in [2.24, 2.45) is 0 Å². The average Bonchev–Trinajstić information content (AvgIpc) is 2.88. The lowest BCUT2D eigenvalue weighted by Crippen LogP contribution is -2.56. The van der Waals surface area contributed by atoms with Crippen molar-refractivity contribution in [2.75, 3.05) is 37.7 Å². The Bertz CT molecular complexity index is 1110. The maximum Gasteiger partial charge on any atom is 0.119 e. The van der Waals surface area contributed by atoms with Gasteiger partial charge in [-0.05, 0) is 61.9 Å². The van der Waals surface area contributed by atoms with E-state index < -0.39 is 5.60 Å². The first-order valence-electron chi connectivity index (χ1n) is 12.2. The van der Waals surface area contributed by atoms with Crippen LogP contribution in [0.1, 0.15) is 36.7 Å². The molecular weight excluding hydrogens is 478 g/mol. The summed E-state index contributed by atoms with van der Waals surface area (Å²) in [5.41, 5.74) is 2.42. The summed E-state index contributed by atoms with van der Waals surface area (Å²) in [5.74, 6) is 0.721. The molecule has 0 saturated carbocycles. The van der Waals surface area contributed by atoms with Crippen LogP contribution in [0.5, 0.6) is 5.75 Å². The van der Waals surface area contributed by atoms with Gasteiger partial charge in [0.25, 0.3) is 0 Å². The molecule has 2 heterocycles. The van der Waals surface area contributed by atoms with Crippen LogP contribution in [0.2, 0.25) is 5.02 Å².